The van der Waals surface area contributed by atoms with Gasteiger partial charge in [-0.15, -0.1) is 0 Å². The third-order valence-electron chi connectivity index (χ3n) is 2.94. The van der Waals surface area contributed by atoms with Crippen LogP contribution in [-0.2, 0) is 22.3 Å². The van der Waals surface area contributed by atoms with E-state index in [2.05, 4.69) is 91.0 Å². The molecule has 0 amide bonds. The van der Waals surface area contributed by atoms with Gasteiger partial charge in [-0.25, -0.2) is 4.21 Å². The van der Waals surface area contributed by atoms with Gasteiger partial charge >= 0.3 is 0 Å². The Morgan fingerprint density at radius 3 is 1.09 bits per heavy atom. The second kappa shape index (κ2) is 9.27. The van der Waals surface area contributed by atoms with Crippen LogP contribution in [0.1, 0.15) is 0 Å². The van der Waals surface area contributed by atoms with Crippen molar-refractivity contribution >= 4 is 22.3 Å². The largest absolute Gasteiger partial charge is 0.750 e. The first kappa shape index (κ1) is 17.4. The van der Waals surface area contributed by atoms with Gasteiger partial charge in [0.05, 0.1) is 22.3 Å². The number of rotatable bonds is 3. The molecular formula is C18H16O3S2. The van der Waals surface area contributed by atoms with E-state index in [1.165, 1.54) is 14.7 Å². The van der Waals surface area contributed by atoms with Crippen LogP contribution in [0, 0.1) is 0 Å². The van der Waals surface area contributed by atoms with Crippen molar-refractivity contribution in [2.45, 2.75) is 14.7 Å². The van der Waals surface area contributed by atoms with Crippen molar-refractivity contribution in [2.75, 3.05) is 0 Å². The fourth-order valence-electron chi connectivity index (χ4n) is 2.08. The average molecular weight is 344 g/mol. The lowest BCUT2D eigenvalue weighted by Crippen LogP contribution is -2.04. The minimum absolute atomic E-state index is 0.0146. The van der Waals surface area contributed by atoms with Crippen molar-refractivity contribution in [1.82, 2.24) is 0 Å². The van der Waals surface area contributed by atoms with E-state index in [4.69, 9.17) is 13.3 Å². The lowest BCUT2D eigenvalue weighted by Gasteiger charge is -2.07. The lowest BCUT2D eigenvalue weighted by molar-refractivity contribution is 0.436. The molecule has 0 aromatic heterocycles. The predicted octanol–water partition coefficient (Wildman–Crippen LogP) is 4.12. The highest BCUT2D eigenvalue weighted by atomic mass is 32.2. The van der Waals surface area contributed by atoms with Crippen molar-refractivity contribution in [1.29, 1.82) is 0 Å². The summed E-state index contributed by atoms with van der Waals surface area (Å²) in [5.41, 5.74) is 0. The lowest BCUT2D eigenvalue weighted by atomic mass is 10.4. The zero-order chi connectivity index (χ0) is 16.5. The summed E-state index contributed by atoms with van der Waals surface area (Å²) in [6.45, 7) is 0. The Labute approximate surface area is 141 Å². The summed E-state index contributed by atoms with van der Waals surface area (Å²) >= 11 is -2.86. The van der Waals surface area contributed by atoms with Crippen LogP contribution in [-0.4, -0.2) is 13.3 Å². The van der Waals surface area contributed by atoms with Gasteiger partial charge in [0.1, 0.15) is 0 Å². The van der Waals surface area contributed by atoms with Gasteiger partial charge in [-0.2, -0.15) is 0 Å². The first-order valence-corrected chi connectivity index (χ1v) is 9.12. The van der Waals surface area contributed by atoms with Gasteiger partial charge < -0.3 is 9.11 Å². The van der Waals surface area contributed by atoms with Crippen LogP contribution in [0.4, 0.5) is 0 Å². The maximum absolute atomic E-state index is 8.56. The molecule has 23 heavy (non-hydrogen) atoms. The SMILES string of the molecule is O=S([O-])O.c1ccc([S+](c2ccccc2)c2ccccc2)cc1. The molecule has 3 aromatic carbocycles. The van der Waals surface area contributed by atoms with E-state index in [0.29, 0.717) is 0 Å². The van der Waals surface area contributed by atoms with Crippen molar-refractivity contribution in [3.8, 4) is 0 Å². The molecule has 0 fully saturated rings. The fourth-order valence-corrected chi connectivity index (χ4v) is 4.18. The molecule has 3 nitrogen and oxygen atoms in total. The summed E-state index contributed by atoms with van der Waals surface area (Å²) < 4.78 is 24.1. The number of hydrogen-bond donors (Lipinski definition) is 1. The summed E-state index contributed by atoms with van der Waals surface area (Å²) in [6.07, 6.45) is 0. The average Bonchev–Trinajstić information content (AvgIpc) is 2.58. The Kier molecular flexibility index (Phi) is 7.03. The molecule has 1 N–H and O–H groups in total. The molecule has 0 radical (unpaired) electrons. The van der Waals surface area contributed by atoms with Gasteiger partial charge in [-0.3, -0.25) is 0 Å². The van der Waals surface area contributed by atoms with Crippen molar-refractivity contribution in [3.05, 3.63) is 91.0 Å². The van der Waals surface area contributed by atoms with Gasteiger partial charge in [-0.1, -0.05) is 54.6 Å². The molecule has 0 heterocycles. The minimum Gasteiger partial charge on any atom is -0.750 e. The highest BCUT2D eigenvalue weighted by Gasteiger charge is 2.27. The Balaban J connectivity index is 0.000000433. The molecule has 0 bridgehead atoms. The van der Waals surface area contributed by atoms with Gasteiger partial charge in [0.25, 0.3) is 0 Å². The molecule has 5 heteroatoms. The highest BCUT2D eigenvalue weighted by molar-refractivity contribution is 7.97. The van der Waals surface area contributed by atoms with Gasteiger partial charge in [0.15, 0.2) is 14.7 Å². The van der Waals surface area contributed by atoms with E-state index in [0.717, 1.165) is 0 Å². The van der Waals surface area contributed by atoms with Crippen LogP contribution in [0.3, 0.4) is 0 Å². The Hall–Kier alpha value is -1.92. The molecule has 3 rings (SSSR count). The zero-order valence-electron chi connectivity index (χ0n) is 12.2. The summed E-state index contributed by atoms with van der Waals surface area (Å²) in [5.74, 6) is 0. The summed E-state index contributed by atoms with van der Waals surface area (Å²) in [7, 11) is -0.0146. The molecular weight excluding hydrogens is 328 g/mol. The third kappa shape index (κ3) is 5.65. The fraction of sp³-hybridized carbons (Fsp3) is 0. The maximum atomic E-state index is 8.56. The van der Waals surface area contributed by atoms with E-state index in [9.17, 15) is 0 Å². The molecule has 0 aliphatic rings. The van der Waals surface area contributed by atoms with Gasteiger partial charge in [0.2, 0.25) is 0 Å². The van der Waals surface area contributed by atoms with E-state index >= 15 is 0 Å². The molecule has 1 unspecified atom stereocenters. The maximum Gasteiger partial charge on any atom is 0.166 e. The van der Waals surface area contributed by atoms with Crippen molar-refractivity contribution in [2.24, 2.45) is 0 Å². The first-order chi connectivity index (χ1) is 11.2. The van der Waals surface area contributed by atoms with Crippen LogP contribution in [0.2, 0.25) is 0 Å². The molecule has 1 atom stereocenters. The Morgan fingerprint density at radius 2 is 0.870 bits per heavy atom. The predicted molar refractivity (Wildman–Crippen MR) is 93.0 cm³/mol. The molecule has 0 aliphatic carbocycles. The third-order valence-corrected chi connectivity index (χ3v) is 5.17. The molecule has 0 spiro atoms. The van der Waals surface area contributed by atoms with E-state index in [-0.39, 0.29) is 10.9 Å². The van der Waals surface area contributed by atoms with Crippen LogP contribution in [0.25, 0.3) is 0 Å². The van der Waals surface area contributed by atoms with E-state index in [1.54, 1.807) is 0 Å². The Morgan fingerprint density at radius 1 is 0.652 bits per heavy atom. The smallest absolute Gasteiger partial charge is 0.166 e. The topological polar surface area (TPSA) is 60.4 Å². The van der Waals surface area contributed by atoms with Crippen LogP contribution in [0.5, 0.6) is 0 Å². The summed E-state index contributed by atoms with van der Waals surface area (Å²) in [5, 5.41) is 0. The minimum atomic E-state index is -2.86. The second-order valence-corrected chi connectivity index (χ2v) is 6.92. The normalized spacial score (nSPS) is 11.4. The van der Waals surface area contributed by atoms with Gasteiger partial charge in [0, 0.05) is 0 Å². The standard InChI is InChI=1S/C18H15S.H2O3S/c1-4-10-16(11-5-1)19(17-12-6-2-7-13-17)18-14-8-3-9-15-18;1-4(2)3/h1-15H;(H2,1,2,3)/q+1;/p-1. The van der Waals surface area contributed by atoms with Crippen molar-refractivity contribution < 1.29 is 13.3 Å². The molecule has 3 aromatic rings. The van der Waals surface area contributed by atoms with Gasteiger partial charge in [-0.05, 0) is 36.4 Å². The number of benzene rings is 3. The quantitative estimate of drug-likeness (QED) is 0.574. The molecule has 0 saturated heterocycles. The Bertz CT molecular complexity index is 621. The van der Waals surface area contributed by atoms with E-state index < -0.39 is 11.4 Å². The van der Waals surface area contributed by atoms with Crippen LogP contribution >= 0.6 is 0 Å². The second-order valence-electron chi connectivity index (χ2n) is 4.46. The summed E-state index contributed by atoms with van der Waals surface area (Å²) in [4.78, 5) is 4.08. The zero-order valence-corrected chi connectivity index (χ0v) is 13.9. The van der Waals surface area contributed by atoms with Crippen LogP contribution < -0.4 is 0 Å². The van der Waals surface area contributed by atoms with E-state index in [1.807, 2.05) is 0 Å². The first-order valence-electron chi connectivity index (χ1n) is 6.86. The molecule has 0 saturated carbocycles. The highest BCUT2D eigenvalue weighted by Crippen LogP contribution is 2.30. The summed E-state index contributed by atoms with van der Waals surface area (Å²) in [6, 6.07) is 32.2. The number of hydrogen-bond acceptors (Lipinski definition) is 2. The monoisotopic (exact) mass is 344 g/mol. The molecule has 118 valence electrons. The molecule has 0 aliphatic heterocycles. The van der Waals surface area contributed by atoms with Crippen molar-refractivity contribution in [3.63, 3.8) is 0 Å². The van der Waals surface area contributed by atoms with Crippen LogP contribution in [0.15, 0.2) is 106 Å².